The lowest BCUT2D eigenvalue weighted by atomic mass is 10.0. The Morgan fingerprint density at radius 2 is 2.04 bits per heavy atom. The maximum atomic E-state index is 5.13. The van der Waals surface area contributed by atoms with Crippen molar-refractivity contribution in [1.29, 1.82) is 0 Å². The van der Waals surface area contributed by atoms with Gasteiger partial charge in [0.15, 0.2) is 0 Å². The molecule has 2 heterocycles. The molecule has 2 N–H and O–H groups in total. The Labute approximate surface area is 141 Å². The molecule has 0 aliphatic carbocycles. The molecule has 0 radical (unpaired) electrons. The molecule has 0 fully saturated rings. The molecule has 0 saturated carbocycles. The van der Waals surface area contributed by atoms with Crippen LogP contribution in [0.25, 0.3) is 11.0 Å². The molecule has 1 atom stereocenters. The Morgan fingerprint density at radius 3 is 2.79 bits per heavy atom. The number of rotatable bonds is 6. The lowest BCUT2D eigenvalue weighted by Gasteiger charge is -2.21. The predicted octanol–water partition coefficient (Wildman–Crippen LogP) is 3.62. The predicted molar refractivity (Wildman–Crippen MR) is 94.8 cm³/mol. The Balaban J connectivity index is 1.90. The van der Waals surface area contributed by atoms with Gasteiger partial charge in [-0.3, -0.25) is 0 Å². The third kappa shape index (κ3) is 3.54. The minimum Gasteiger partial charge on any atom is -0.378 e. The van der Waals surface area contributed by atoms with Gasteiger partial charge in [0.05, 0.1) is 29.4 Å². The van der Waals surface area contributed by atoms with Crippen molar-refractivity contribution in [3.05, 3.63) is 47.7 Å². The van der Waals surface area contributed by atoms with E-state index in [1.54, 1.807) is 13.4 Å². The molecule has 126 valence electrons. The van der Waals surface area contributed by atoms with Crippen LogP contribution in [0.1, 0.15) is 37.0 Å². The molecule has 0 saturated heterocycles. The minimum atomic E-state index is 0.0306. The smallest absolute Gasteiger partial charge is 0.130 e. The number of H-pyrrole nitrogens is 1. The van der Waals surface area contributed by atoms with Crippen LogP contribution < -0.4 is 5.32 Å². The molecule has 2 aromatic heterocycles. The van der Waals surface area contributed by atoms with Crippen molar-refractivity contribution >= 4 is 16.9 Å². The van der Waals surface area contributed by atoms with E-state index in [1.807, 2.05) is 12.1 Å². The Morgan fingerprint density at radius 1 is 1.21 bits per heavy atom. The van der Waals surface area contributed by atoms with Gasteiger partial charge in [-0.25, -0.2) is 15.0 Å². The lowest BCUT2D eigenvalue weighted by Crippen LogP contribution is -2.19. The summed E-state index contributed by atoms with van der Waals surface area (Å²) in [6.07, 6.45) is 1.55. The summed E-state index contributed by atoms with van der Waals surface area (Å²) >= 11 is 0. The molecule has 6 heteroatoms. The Bertz CT molecular complexity index is 827. The number of ether oxygens (including phenoxy) is 1. The van der Waals surface area contributed by atoms with Crippen molar-refractivity contribution in [3.63, 3.8) is 0 Å². The van der Waals surface area contributed by atoms with E-state index >= 15 is 0 Å². The van der Waals surface area contributed by atoms with Crippen LogP contribution in [-0.2, 0) is 11.3 Å². The number of aromatic amines is 1. The van der Waals surface area contributed by atoms with E-state index in [0.717, 1.165) is 28.4 Å². The quantitative estimate of drug-likeness (QED) is 0.724. The number of hydrogen-bond donors (Lipinski definition) is 2. The highest BCUT2D eigenvalue weighted by atomic mass is 16.5. The normalized spacial score (nSPS) is 12.7. The Kier molecular flexibility index (Phi) is 4.76. The summed E-state index contributed by atoms with van der Waals surface area (Å²) < 4.78 is 5.13. The van der Waals surface area contributed by atoms with Gasteiger partial charge in [0.25, 0.3) is 0 Å². The molecule has 3 aromatic rings. The molecule has 1 unspecified atom stereocenters. The van der Waals surface area contributed by atoms with Crippen molar-refractivity contribution in [1.82, 2.24) is 19.9 Å². The fraction of sp³-hybridized carbons (Fsp3) is 0.389. The van der Waals surface area contributed by atoms with E-state index in [9.17, 15) is 0 Å². The topological polar surface area (TPSA) is 75.7 Å². The second-order valence-corrected chi connectivity index (χ2v) is 6.34. The number of fused-ring (bicyclic) bond motifs is 1. The zero-order valence-electron chi connectivity index (χ0n) is 14.5. The molecule has 0 aliphatic heterocycles. The highest BCUT2D eigenvalue weighted by molar-refractivity contribution is 5.76. The maximum absolute atomic E-state index is 5.13. The number of nitrogens with one attached hydrogen (secondary N) is 2. The van der Waals surface area contributed by atoms with E-state index in [2.05, 4.69) is 53.2 Å². The number of methoxy groups -OCH3 is 1. The van der Waals surface area contributed by atoms with Gasteiger partial charge in [0, 0.05) is 13.2 Å². The van der Waals surface area contributed by atoms with Crippen LogP contribution in [0.3, 0.4) is 0 Å². The molecule has 24 heavy (non-hydrogen) atoms. The van der Waals surface area contributed by atoms with Crippen LogP contribution in [0.5, 0.6) is 0 Å². The van der Waals surface area contributed by atoms with Gasteiger partial charge in [0.2, 0.25) is 0 Å². The summed E-state index contributed by atoms with van der Waals surface area (Å²) in [5.74, 6) is 2.03. The van der Waals surface area contributed by atoms with Crippen LogP contribution in [0.15, 0.2) is 30.6 Å². The zero-order valence-corrected chi connectivity index (χ0v) is 14.5. The monoisotopic (exact) mass is 325 g/mol. The summed E-state index contributed by atoms with van der Waals surface area (Å²) in [7, 11) is 1.66. The molecular weight excluding hydrogens is 302 g/mol. The third-order valence-corrected chi connectivity index (χ3v) is 3.94. The van der Waals surface area contributed by atoms with E-state index in [1.165, 1.54) is 5.56 Å². The highest BCUT2D eigenvalue weighted by Crippen LogP contribution is 2.26. The third-order valence-electron chi connectivity index (χ3n) is 3.94. The number of anilines is 1. The molecule has 0 amide bonds. The molecular formula is C18H23N5O. The maximum Gasteiger partial charge on any atom is 0.130 e. The second kappa shape index (κ2) is 6.97. The standard InChI is InChI=1S/C18H23N5O/c1-11(2)17(23-16-8-13(9-24-4)19-10-20-16)18-21-14-6-5-12(3)7-15(14)22-18/h5-8,10-11,17H,9H2,1-4H3,(H,21,22)(H,19,20,23). The molecule has 0 spiro atoms. The SMILES string of the molecule is COCc1cc(NC(c2nc3ccc(C)cc3[nH]2)C(C)C)ncn1. The van der Waals surface area contributed by atoms with E-state index in [-0.39, 0.29) is 6.04 Å². The number of benzene rings is 1. The van der Waals surface area contributed by atoms with E-state index in [0.29, 0.717) is 12.5 Å². The fourth-order valence-corrected chi connectivity index (χ4v) is 2.70. The summed E-state index contributed by atoms with van der Waals surface area (Å²) in [5, 5.41) is 3.47. The Hall–Kier alpha value is -2.47. The fourth-order valence-electron chi connectivity index (χ4n) is 2.70. The molecule has 1 aromatic carbocycles. The first kappa shape index (κ1) is 16.4. The van der Waals surface area contributed by atoms with Crippen molar-refractivity contribution in [3.8, 4) is 0 Å². The summed E-state index contributed by atoms with van der Waals surface area (Å²) in [5.41, 5.74) is 4.09. The van der Waals surface area contributed by atoms with Crippen LogP contribution in [-0.4, -0.2) is 27.0 Å². The minimum absolute atomic E-state index is 0.0306. The summed E-state index contributed by atoms with van der Waals surface area (Å²) in [6, 6.07) is 8.18. The van der Waals surface area contributed by atoms with Gasteiger partial charge < -0.3 is 15.0 Å². The van der Waals surface area contributed by atoms with Gasteiger partial charge in [-0.2, -0.15) is 0 Å². The van der Waals surface area contributed by atoms with Crippen LogP contribution in [0, 0.1) is 12.8 Å². The number of aryl methyl sites for hydroxylation is 1. The van der Waals surface area contributed by atoms with E-state index < -0.39 is 0 Å². The largest absolute Gasteiger partial charge is 0.378 e. The lowest BCUT2D eigenvalue weighted by molar-refractivity contribution is 0.181. The molecule has 3 rings (SSSR count). The van der Waals surface area contributed by atoms with Gasteiger partial charge in [-0.1, -0.05) is 19.9 Å². The first-order valence-corrected chi connectivity index (χ1v) is 8.09. The summed E-state index contributed by atoms with van der Waals surface area (Å²) in [4.78, 5) is 16.7. The first-order valence-electron chi connectivity index (χ1n) is 8.09. The molecule has 6 nitrogen and oxygen atoms in total. The summed E-state index contributed by atoms with van der Waals surface area (Å²) in [6.45, 7) is 6.87. The van der Waals surface area contributed by atoms with Gasteiger partial charge in [-0.15, -0.1) is 0 Å². The first-order chi connectivity index (χ1) is 11.6. The van der Waals surface area contributed by atoms with Crippen molar-refractivity contribution in [2.75, 3.05) is 12.4 Å². The average molecular weight is 325 g/mol. The van der Waals surface area contributed by atoms with Crippen molar-refractivity contribution in [2.24, 2.45) is 5.92 Å². The van der Waals surface area contributed by atoms with Crippen LogP contribution in [0.2, 0.25) is 0 Å². The van der Waals surface area contributed by atoms with Crippen LogP contribution >= 0.6 is 0 Å². The number of nitrogens with zero attached hydrogens (tertiary/aromatic N) is 3. The van der Waals surface area contributed by atoms with E-state index in [4.69, 9.17) is 9.72 Å². The molecule has 0 aliphatic rings. The average Bonchev–Trinajstić information content (AvgIpc) is 2.95. The molecule has 0 bridgehead atoms. The van der Waals surface area contributed by atoms with Crippen LogP contribution in [0.4, 0.5) is 5.82 Å². The van der Waals surface area contributed by atoms with Crippen molar-refractivity contribution in [2.45, 2.75) is 33.4 Å². The highest BCUT2D eigenvalue weighted by Gasteiger charge is 2.20. The second-order valence-electron chi connectivity index (χ2n) is 6.34. The zero-order chi connectivity index (χ0) is 17.1. The van der Waals surface area contributed by atoms with Gasteiger partial charge >= 0.3 is 0 Å². The van der Waals surface area contributed by atoms with Gasteiger partial charge in [-0.05, 0) is 30.5 Å². The number of hydrogen-bond acceptors (Lipinski definition) is 5. The van der Waals surface area contributed by atoms with Crippen molar-refractivity contribution < 1.29 is 4.74 Å². The number of imidazole rings is 1. The number of aromatic nitrogens is 4. The van der Waals surface area contributed by atoms with Gasteiger partial charge in [0.1, 0.15) is 18.0 Å².